The van der Waals surface area contributed by atoms with Gasteiger partial charge in [-0.05, 0) is 90.8 Å². The van der Waals surface area contributed by atoms with E-state index in [1.807, 2.05) is 0 Å². The van der Waals surface area contributed by atoms with Crippen molar-refractivity contribution in [2.45, 2.75) is 282 Å². The molecule has 34 nitrogen and oxygen atoms in total. The zero-order valence-corrected chi connectivity index (χ0v) is 58.5. The van der Waals surface area contributed by atoms with Crippen molar-refractivity contribution in [1.29, 1.82) is 0 Å². The summed E-state index contributed by atoms with van der Waals surface area (Å²) < 4.78 is 59.6. The number of aliphatic hydroxyl groups excluding tert-OH is 16. The second-order valence-corrected chi connectivity index (χ2v) is 25.4. The fourth-order valence-corrected chi connectivity index (χ4v) is 12.0. The summed E-state index contributed by atoms with van der Waals surface area (Å²) in [7, 11) is 0. The van der Waals surface area contributed by atoms with Crippen molar-refractivity contribution in [2.24, 2.45) is 0 Å². The van der Waals surface area contributed by atoms with Crippen LogP contribution >= 0.6 is 0 Å². The quantitative estimate of drug-likeness (QED) is 0.0124. The molecule has 24 unspecified atom stereocenters. The van der Waals surface area contributed by atoms with E-state index >= 15 is 0 Å². The van der Waals surface area contributed by atoms with Gasteiger partial charge in [0.25, 0.3) is 11.7 Å². The Morgan fingerprint density at radius 1 is 0.543 bits per heavy atom. The first kappa shape index (κ1) is 89.1. The van der Waals surface area contributed by atoms with E-state index in [2.05, 4.69) is 106 Å². The summed E-state index contributed by atoms with van der Waals surface area (Å²) in [5, 5.41) is 196. The van der Waals surface area contributed by atoms with E-state index in [0.717, 1.165) is 46.0 Å². The number of allylic oxidation sites excluding steroid dienone is 1. The summed E-state index contributed by atoms with van der Waals surface area (Å²) in [6.45, 7) is -0.662. The maximum absolute atomic E-state index is 13.8. The summed E-state index contributed by atoms with van der Waals surface area (Å²) >= 11 is 0. The molecule has 5 aliphatic rings. The zero-order valence-electron chi connectivity index (χ0n) is 58.5. The van der Waals surface area contributed by atoms with Gasteiger partial charge in [-0.3, -0.25) is 14.4 Å². The molecule has 5 saturated heterocycles. The predicted octanol–water partition coefficient (Wildman–Crippen LogP) is -3.82. The van der Waals surface area contributed by atoms with Crippen LogP contribution in [0.5, 0.6) is 0 Å². The number of ether oxygens (including phenoxy) is 10. The van der Waals surface area contributed by atoms with Crippen LogP contribution in [-0.2, 0) is 66.5 Å². The topological polar surface area (TPSA) is 541 Å². The molecule has 0 saturated carbocycles. The number of carbonyl (C=O) groups is 4. The summed E-state index contributed by atoms with van der Waals surface area (Å²) in [6.07, 6.45) is -35.8. The second kappa shape index (κ2) is 46.0. The van der Waals surface area contributed by atoms with Crippen molar-refractivity contribution < 1.29 is 173 Å². The van der Waals surface area contributed by atoms with E-state index in [4.69, 9.17) is 47.4 Å². The molecule has 5 aliphatic heterocycles. The molecule has 0 aliphatic carbocycles. The van der Waals surface area contributed by atoms with Crippen LogP contribution in [0, 0.1) is 82.9 Å². The fraction of sp³-hybridized carbons (Fsp3) is 0.718. The number of carboxylic acid groups (broad SMARTS) is 1. The number of aliphatic hydroxyl groups is 16. The van der Waals surface area contributed by atoms with E-state index in [-0.39, 0.29) is 20.0 Å². The molecule has 28 atom stereocenters. The normalized spacial score (nSPS) is 34.0. The lowest BCUT2D eigenvalue weighted by atomic mass is 9.88. The van der Waals surface area contributed by atoms with Gasteiger partial charge in [0, 0.05) is 46.2 Å². The molecule has 0 radical (unpaired) electrons. The van der Waals surface area contributed by atoms with Crippen molar-refractivity contribution in [3.8, 4) is 82.9 Å². The van der Waals surface area contributed by atoms with Crippen molar-refractivity contribution in [2.75, 3.05) is 39.6 Å². The summed E-state index contributed by atoms with van der Waals surface area (Å²) in [6, 6.07) is -5.08. The first-order valence-electron chi connectivity index (χ1n) is 34.5. The van der Waals surface area contributed by atoms with E-state index in [0.29, 0.717) is 6.42 Å². The van der Waals surface area contributed by atoms with Gasteiger partial charge < -0.3 is 150 Å². The molecular formula is C71H127N3O31. The van der Waals surface area contributed by atoms with Crippen LogP contribution in [0.4, 0.5) is 0 Å². The molecule has 105 heavy (non-hydrogen) atoms. The molecule has 0 aromatic rings. The van der Waals surface area contributed by atoms with E-state index in [1.165, 1.54) is 44.6 Å². The number of aliphatic carboxylic acids is 1. The lowest BCUT2D eigenvalue weighted by Gasteiger charge is -2.52. The molecule has 5 fully saturated rings. The lowest BCUT2D eigenvalue weighted by molar-refractivity contribution is -0.403. The highest BCUT2D eigenvalue weighted by atomic mass is 16.8. The standard InChI is InChI=1S/C71H99N3O31.14H2/c1-5-7-9-11-13-15-17-19-21-23-25-27-29-31-43(82)42(74-50(85)32-30-28-26-24-22-20-18-16-14-12-10-8-6-2)39-96-67-59(92)57(90)61(48(37-78)99-67)101-69-60(93)65(105-71(70(94)95)33-44(83)51(72-40(3)80)64(104-71)53(86)45(84)34-75)62(49(38-79)100-69)102-66-52(73-41(4)81)63(55(88)47(36-77)97-66)103-68-58(91)56(89)54(87)46(35-76)98-68;;;;;;;;;;;;;;/h29,31,42-49,51-69,75-79,82-84,86-93H,5,7,9,11,13,15,17,19,21,23,25,27,33-39H2,1-4H3,(H,72,80)(H,73,81)(H,74,85)(H,94,95);14*1H/b31-29+;;;;;;;;;;;;;;/t42-,43+,44?,45+,46?,47?,48?,49?,51?,52?,53+,54?,55?,56?,57?,58?,59?,60?,61?,62?,63?,64?,65?,66?,67?,68?,69?,71?;;;;;;;;;;;;;;/m0............../s1/i2+1,6+1,8+1,10+1,12+1,14+1,16+1,18+1,20+1,22+1,24+1,26+1,28+1,30+1,32+1,50+1;;;;;;;;;;;;;;. The smallest absolute Gasteiger partial charge is 0.364 e. The average molecular weight is 1530 g/mol. The highest BCUT2D eigenvalue weighted by Crippen LogP contribution is 2.41. The minimum atomic E-state index is -3.41. The van der Waals surface area contributed by atoms with Gasteiger partial charge in [0.2, 0.25) is 11.8 Å². The first-order valence-corrected chi connectivity index (χ1v) is 34.5. The van der Waals surface area contributed by atoms with Gasteiger partial charge in [0.05, 0.1) is 63.9 Å². The van der Waals surface area contributed by atoms with Gasteiger partial charge in [-0.15, -0.1) is 0 Å². The monoisotopic (exact) mass is 1530 g/mol. The van der Waals surface area contributed by atoms with Crippen LogP contribution in [0.3, 0.4) is 0 Å². The molecular weight excluding hydrogens is 1410 g/mol. The predicted molar refractivity (Wildman–Crippen MR) is 389 cm³/mol. The average Bonchev–Trinajstić information content (AvgIpc) is 0.752. The van der Waals surface area contributed by atoms with Crippen LogP contribution in [0.15, 0.2) is 12.2 Å². The molecule has 0 bridgehead atoms. The number of unbranched alkanes of at least 4 members (excludes halogenated alkanes) is 11. The molecule has 20 N–H and O–H groups in total. The SMILES string of the molecule is CCCCCCCCCCCCC/C=C/[C@@H](O)[C@H](COC1OC(CO)C(OC2OC(CO)C(OC3OC(CO)C(O)C(OC4OC(CO)C(O)C(O)C4O)C3NC(C)=O)C(OC3(C(=O)O)CC(O)C(NC(C)=O)C([C@H](O)[C@H](O)CO)O3)C2O)C(O)C1O)N[13C](=O)[13C]#[13C][13C]#[13C][13C]#[13C][13C]#[13C][13C]#[13C][13C]#[13C][13C]#[13C][13CH3].[HH].[HH].[HH].[HH].[HH].[HH].[HH].[HH].[HH].[HH].[HH].[HH].[HH].[HH]. The van der Waals surface area contributed by atoms with Crippen LogP contribution in [0.2, 0.25) is 0 Å². The zero-order chi connectivity index (χ0) is 77.3. The molecule has 5 rings (SSSR count). The van der Waals surface area contributed by atoms with Crippen molar-refractivity contribution in [1.82, 2.24) is 16.0 Å². The van der Waals surface area contributed by atoms with E-state index < -0.39 is 241 Å². The Morgan fingerprint density at radius 2 is 1.02 bits per heavy atom. The number of carbonyl (C=O) groups excluding carboxylic acids is 3. The third-order valence-corrected chi connectivity index (χ3v) is 17.5. The number of rotatable bonds is 36. The van der Waals surface area contributed by atoms with Crippen molar-refractivity contribution >= 4 is 23.7 Å². The molecule has 3 amide bonds. The molecule has 612 valence electrons. The number of carboxylic acids is 1. The molecule has 5 heterocycles. The first-order chi connectivity index (χ1) is 50.3. The Kier molecular flexibility index (Phi) is 39.0. The largest absolute Gasteiger partial charge is 0.477 e. The molecule has 0 aromatic heterocycles. The summed E-state index contributed by atoms with van der Waals surface area (Å²) in [4.78, 5) is 52.5. The lowest BCUT2D eigenvalue weighted by Crippen LogP contribution is -2.72. The number of hydrogen-bond donors (Lipinski definition) is 20. The van der Waals surface area contributed by atoms with Crippen LogP contribution in [0.1, 0.15) is 131 Å². The maximum atomic E-state index is 13.8. The van der Waals surface area contributed by atoms with Gasteiger partial charge in [0.15, 0.2) is 25.2 Å². The van der Waals surface area contributed by atoms with Crippen molar-refractivity contribution in [3.05, 3.63) is 12.2 Å². The van der Waals surface area contributed by atoms with Crippen LogP contribution in [-0.4, -0.2) is 321 Å². The third kappa shape index (κ3) is 26.4. The number of nitrogens with one attached hydrogen (secondary N) is 3. The highest BCUT2D eigenvalue weighted by molar-refractivity contribution is 5.94. The summed E-state index contributed by atoms with van der Waals surface area (Å²) in [5.41, 5.74) is 0. The fourth-order valence-electron chi connectivity index (χ4n) is 12.0. The minimum Gasteiger partial charge on any atom is -0.477 e. The van der Waals surface area contributed by atoms with Crippen molar-refractivity contribution in [3.63, 3.8) is 0 Å². The van der Waals surface area contributed by atoms with Gasteiger partial charge >= 0.3 is 5.97 Å². The highest BCUT2D eigenvalue weighted by Gasteiger charge is 2.62. The maximum Gasteiger partial charge on any atom is 0.364 e. The third-order valence-electron chi connectivity index (χ3n) is 17.5. The van der Waals surface area contributed by atoms with Gasteiger partial charge in [-0.25, -0.2) is 4.79 Å². The van der Waals surface area contributed by atoms with Gasteiger partial charge in [-0.1, -0.05) is 89.2 Å². The van der Waals surface area contributed by atoms with E-state index in [1.54, 1.807) is 13.0 Å². The van der Waals surface area contributed by atoms with E-state index in [9.17, 15) is 106 Å². The minimum absolute atomic E-state index is 0. The number of amides is 3. The Hall–Kier alpha value is -6.50. The molecule has 34 heteroatoms. The second-order valence-electron chi connectivity index (χ2n) is 25.4. The summed E-state index contributed by atoms with van der Waals surface area (Å²) in [5.74, 6) is 25.7. The Balaban J connectivity index is -0.00000106. The van der Waals surface area contributed by atoms with Gasteiger partial charge in [0.1, 0.15) is 116 Å². The Labute approximate surface area is 628 Å². The van der Waals surface area contributed by atoms with Gasteiger partial charge in [-0.2, -0.15) is 0 Å². The molecule has 0 aromatic carbocycles. The van der Waals surface area contributed by atoms with Crippen LogP contribution in [0.25, 0.3) is 0 Å². The molecule has 0 spiro atoms. The Morgan fingerprint density at radius 3 is 1.57 bits per heavy atom. The number of hydrogen-bond acceptors (Lipinski definition) is 30. The van der Waals surface area contributed by atoms with Crippen LogP contribution < -0.4 is 16.0 Å². The Bertz CT molecular complexity index is 3310.